The van der Waals surface area contributed by atoms with Crippen molar-refractivity contribution in [1.82, 2.24) is 15.5 Å². The number of aromatic nitrogens is 2. The fourth-order valence-electron chi connectivity index (χ4n) is 1.81. The van der Waals surface area contributed by atoms with Crippen molar-refractivity contribution in [2.24, 2.45) is 0 Å². The number of carbonyl (C=O) groups excluding carboxylic acids is 1. The number of fused-ring (bicyclic) bond motifs is 1. The summed E-state index contributed by atoms with van der Waals surface area (Å²) in [6.45, 7) is 1.94. The largest absolute Gasteiger partial charge is 0.387 e. The summed E-state index contributed by atoms with van der Waals surface area (Å²) in [5.41, 5.74) is 0.480. The Hall–Kier alpha value is -1.53. The van der Waals surface area contributed by atoms with Crippen LogP contribution >= 0.6 is 11.8 Å². The van der Waals surface area contributed by atoms with Crippen LogP contribution in [0.25, 0.3) is 10.9 Å². The normalized spacial score (nSPS) is 14.3. The smallest absolute Gasteiger partial charge is 0.251 e. The average molecular weight is 279 g/mol. The Balaban J connectivity index is 2.03. The van der Waals surface area contributed by atoms with Gasteiger partial charge in [-0.05, 0) is 25.3 Å². The molecule has 0 spiro atoms. The molecule has 1 aromatic heterocycles. The lowest BCUT2D eigenvalue weighted by Crippen LogP contribution is -2.42. The molecule has 0 aliphatic rings. The van der Waals surface area contributed by atoms with Gasteiger partial charge in [0.15, 0.2) is 0 Å². The van der Waals surface area contributed by atoms with Gasteiger partial charge in [-0.25, -0.2) is 0 Å². The molecule has 1 aromatic carbocycles. The van der Waals surface area contributed by atoms with Crippen LogP contribution < -0.4 is 5.32 Å². The minimum absolute atomic E-state index is 0.196. The summed E-state index contributed by atoms with van der Waals surface area (Å²) in [5, 5.41) is 20.4. The average Bonchev–Trinajstić information content (AvgIpc) is 2.83. The Bertz CT molecular complexity index is 580. The van der Waals surface area contributed by atoms with Crippen molar-refractivity contribution in [2.45, 2.75) is 12.5 Å². The second-order valence-electron chi connectivity index (χ2n) is 4.78. The van der Waals surface area contributed by atoms with Crippen LogP contribution in [0.4, 0.5) is 0 Å². The molecule has 2 aromatic rings. The molecule has 1 unspecified atom stereocenters. The van der Waals surface area contributed by atoms with Gasteiger partial charge in [0.05, 0.1) is 17.3 Å². The fraction of sp³-hybridized carbons (Fsp3) is 0.385. The molecule has 5 nitrogen and oxygen atoms in total. The van der Waals surface area contributed by atoms with E-state index in [9.17, 15) is 9.90 Å². The number of aliphatic hydroxyl groups is 1. The molecule has 0 aliphatic carbocycles. The maximum atomic E-state index is 12.0. The first-order valence-electron chi connectivity index (χ1n) is 5.94. The number of hydrogen-bond donors (Lipinski definition) is 3. The Morgan fingerprint density at radius 2 is 2.37 bits per heavy atom. The molecule has 3 N–H and O–H groups in total. The van der Waals surface area contributed by atoms with Gasteiger partial charge in [-0.3, -0.25) is 9.89 Å². The highest BCUT2D eigenvalue weighted by Gasteiger charge is 2.20. The second kappa shape index (κ2) is 5.63. The van der Waals surface area contributed by atoms with Gasteiger partial charge in [-0.2, -0.15) is 16.9 Å². The number of hydrogen-bond acceptors (Lipinski definition) is 4. The molecule has 0 fully saturated rings. The molecule has 0 saturated carbocycles. The zero-order chi connectivity index (χ0) is 13.9. The number of aromatic amines is 1. The lowest BCUT2D eigenvalue weighted by Gasteiger charge is -2.22. The molecule has 102 valence electrons. The van der Waals surface area contributed by atoms with Crippen LogP contribution in [0.15, 0.2) is 24.4 Å². The third-order valence-corrected chi connectivity index (χ3v) is 3.70. The molecule has 1 heterocycles. The number of carbonyl (C=O) groups is 1. The lowest BCUT2D eigenvalue weighted by molar-refractivity contribution is 0.0725. The van der Waals surface area contributed by atoms with Crippen LogP contribution in [0.3, 0.4) is 0 Å². The van der Waals surface area contributed by atoms with E-state index in [1.54, 1.807) is 37.0 Å². The van der Waals surface area contributed by atoms with Crippen molar-refractivity contribution in [1.29, 1.82) is 0 Å². The van der Waals surface area contributed by atoms with Gasteiger partial charge in [-0.15, -0.1) is 0 Å². The van der Waals surface area contributed by atoms with E-state index < -0.39 is 5.60 Å². The van der Waals surface area contributed by atoms with E-state index in [4.69, 9.17) is 0 Å². The minimum Gasteiger partial charge on any atom is -0.387 e. The first kappa shape index (κ1) is 13.9. The van der Waals surface area contributed by atoms with Crippen LogP contribution in [0.5, 0.6) is 0 Å². The van der Waals surface area contributed by atoms with E-state index >= 15 is 0 Å². The van der Waals surface area contributed by atoms with Crippen LogP contribution in [0.1, 0.15) is 17.3 Å². The summed E-state index contributed by atoms with van der Waals surface area (Å²) in [5.74, 6) is 0.380. The second-order valence-corrected chi connectivity index (χ2v) is 5.65. The number of H-pyrrole nitrogens is 1. The molecule has 0 bridgehead atoms. The van der Waals surface area contributed by atoms with E-state index in [0.29, 0.717) is 11.3 Å². The van der Waals surface area contributed by atoms with Crippen molar-refractivity contribution in [3.8, 4) is 0 Å². The Labute approximate surface area is 115 Å². The van der Waals surface area contributed by atoms with E-state index in [0.717, 1.165) is 10.9 Å². The van der Waals surface area contributed by atoms with Gasteiger partial charge in [0.2, 0.25) is 0 Å². The summed E-state index contributed by atoms with van der Waals surface area (Å²) in [7, 11) is 0. The summed E-state index contributed by atoms with van der Waals surface area (Å²) >= 11 is 1.54. The first-order chi connectivity index (χ1) is 9.02. The zero-order valence-corrected chi connectivity index (χ0v) is 11.8. The predicted octanol–water partition coefficient (Wildman–Crippen LogP) is 1.41. The van der Waals surface area contributed by atoms with E-state index in [1.807, 2.05) is 12.3 Å². The molecular weight excluding hydrogens is 262 g/mol. The van der Waals surface area contributed by atoms with E-state index in [1.165, 1.54) is 0 Å². The van der Waals surface area contributed by atoms with Gasteiger partial charge in [-0.1, -0.05) is 6.07 Å². The number of benzene rings is 1. The van der Waals surface area contributed by atoms with Crippen molar-refractivity contribution in [3.05, 3.63) is 30.0 Å². The molecule has 6 heteroatoms. The number of thioether (sulfide) groups is 1. The molecular formula is C13H17N3O2S. The highest BCUT2D eigenvalue weighted by atomic mass is 32.2. The minimum atomic E-state index is -0.896. The van der Waals surface area contributed by atoms with Crippen molar-refractivity contribution >= 4 is 28.6 Å². The zero-order valence-electron chi connectivity index (χ0n) is 10.9. The van der Waals surface area contributed by atoms with Crippen LogP contribution in [-0.4, -0.2) is 45.4 Å². The molecule has 0 radical (unpaired) electrons. The quantitative estimate of drug-likeness (QED) is 0.773. The maximum Gasteiger partial charge on any atom is 0.251 e. The molecule has 19 heavy (non-hydrogen) atoms. The number of nitrogens with zero attached hydrogens (tertiary/aromatic N) is 1. The SMILES string of the molecule is CSCC(C)(O)CNC(=O)c1ccc2cn[nH]c2c1. The highest BCUT2D eigenvalue weighted by Crippen LogP contribution is 2.13. The topological polar surface area (TPSA) is 78.0 Å². The summed E-state index contributed by atoms with van der Waals surface area (Å²) in [6.07, 6.45) is 3.63. The first-order valence-corrected chi connectivity index (χ1v) is 7.34. The van der Waals surface area contributed by atoms with Gasteiger partial charge in [0.1, 0.15) is 0 Å². The fourth-order valence-corrected chi connectivity index (χ4v) is 2.54. The maximum absolute atomic E-state index is 12.0. The predicted molar refractivity (Wildman–Crippen MR) is 77.4 cm³/mol. The van der Waals surface area contributed by atoms with E-state index in [-0.39, 0.29) is 12.5 Å². The number of nitrogens with one attached hydrogen (secondary N) is 2. The van der Waals surface area contributed by atoms with Crippen molar-refractivity contribution < 1.29 is 9.90 Å². The van der Waals surface area contributed by atoms with Crippen LogP contribution in [-0.2, 0) is 0 Å². The van der Waals surface area contributed by atoms with Crippen molar-refractivity contribution in [2.75, 3.05) is 18.6 Å². The highest BCUT2D eigenvalue weighted by molar-refractivity contribution is 7.98. The standard InChI is InChI=1S/C13H17N3O2S/c1-13(18,8-19-2)7-14-12(17)9-3-4-10-6-15-16-11(10)5-9/h3-6,18H,7-8H2,1-2H3,(H,14,17)(H,15,16). The summed E-state index contributed by atoms with van der Waals surface area (Å²) in [6, 6.07) is 5.34. The number of amides is 1. The summed E-state index contributed by atoms with van der Waals surface area (Å²) < 4.78 is 0. The lowest BCUT2D eigenvalue weighted by atomic mass is 10.1. The molecule has 2 rings (SSSR count). The molecule has 1 atom stereocenters. The van der Waals surface area contributed by atoms with Crippen molar-refractivity contribution in [3.63, 3.8) is 0 Å². The monoisotopic (exact) mass is 279 g/mol. The third kappa shape index (κ3) is 3.48. The molecule has 1 amide bonds. The van der Waals surface area contributed by atoms with Gasteiger partial charge < -0.3 is 10.4 Å². The third-order valence-electron chi connectivity index (χ3n) is 2.79. The van der Waals surface area contributed by atoms with Crippen LogP contribution in [0.2, 0.25) is 0 Å². The van der Waals surface area contributed by atoms with Gasteiger partial charge in [0, 0.05) is 23.2 Å². The summed E-state index contributed by atoms with van der Waals surface area (Å²) in [4.78, 5) is 12.0. The molecule has 0 aliphatic heterocycles. The molecule has 0 saturated heterocycles. The van der Waals surface area contributed by atoms with Gasteiger partial charge in [0.25, 0.3) is 5.91 Å². The Morgan fingerprint density at radius 3 is 3.11 bits per heavy atom. The number of rotatable bonds is 5. The van der Waals surface area contributed by atoms with Crippen LogP contribution in [0, 0.1) is 0 Å². The Kier molecular flexibility index (Phi) is 4.11. The Morgan fingerprint density at radius 1 is 1.58 bits per heavy atom. The van der Waals surface area contributed by atoms with Gasteiger partial charge >= 0.3 is 0 Å². The van der Waals surface area contributed by atoms with E-state index in [2.05, 4.69) is 15.5 Å².